The summed E-state index contributed by atoms with van der Waals surface area (Å²) in [6.45, 7) is 5.58. The molecule has 3 fully saturated rings. The molecular weight excluding hydrogens is 1050 g/mol. The molecule has 0 bridgehead atoms. The Bertz CT molecular complexity index is 2840. The van der Waals surface area contributed by atoms with Crippen LogP contribution in [0.3, 0.4) is 0 Å². The van der Waals surface area contributed by atoms with Gasteiger partial charge in [-0.15, -0.1) is 0 Å². The Morgan fingerprint density at radius 1 is 0.740 bits per heavy atom. The third-order valence-electron chi connectivity index (χ3n) is 11.7. The number of benzene rings is 4. The maximum absolute atomic E-state index is 13.5. The van der Waals surface area contributed by atoms with E-state index in [1.807, 2.05) is 36.4 Å². The minimum absolute atomic E-state index is 0.0331. The molecule has 21 heteroatoms. The highest BCUT2D eigenvalue weighted by Gasteiger charge is 2.38. The molecule has 4 unspecified atom stereocenters. The SMILES string of the molecule is Fc1ccc(OCC2CO2)cc1Cl.O=C(CCC1CCN(CC(O)COc2ccc(Cl)c(F)c2)C1)c1ccc2cc(Cl)ccc2n1.O=C(CCC1CCNC1)c1ccc2cc(Cl)ccc2n1.O=C(O)C(F)(F)F. The van der Waals surface area contributed by atoms with Gasteiger partial charge >= 0.3 is 12.1 Å². The number of ether oxygens (including phenoxy) is 3. The quantitative estimate of drug-likeness (QED) is 0.0478. The standard InChI is InChI=1S/C25H25Cl2FN2O3.C16H17ClN2O.C9H8ClFO2.C2HF3O2/c26-18-3-7-23-17(11-18)2-6-24(29-23)25(32)8-1-16-9-10-30(13-16)14-19(31)15-33-20-4-5-21(27)22(28)12-20;17-13-3-5-14-12(9-13)2-4-15(19-14)16(20)6-1-11-7-8-18-10-11;10-8-3-6(1-2-9(8)11)12-4-7-5-13-7;3-2(4,5)1(6)7/h2-7,11-12,16,19,31H,1,8-10,13-15H2;2-5,9,11,18H,1,6-8,10H2;1-3,7H,4-5H2;(H,6,7). The molecule has 5 heterocycles. The molecule has 4 aromatic carbocycles. The molecule has 390 valence electrons. The number of carbonyl (C=O) groups is 3. The number of nitrogens with zero attached hydrogens (tertiary/aromatic N) is 3. The summed E-state index contributed by atoms with van der Waals surface area (Å²) >= 11 is 23.2. The van der Waals surface area contributed by atoms with Gasteiger partial charge in [0.25, 0.3) is 0 Å². The Kier molecular flexibility index (Phi) is 21.4. The fraction of sp³-hybridized carbons (Fsp3) is 0.365. The van der Waals surface area contributed by atoms with E-state index in [4.69, 9.17) is 70.5 Å². The summed E-state index contributed by atoms with van der Waals surface area (Å²) in [5.74, 6) is -1.64. The Labute approximate surface area is 437 Å². The zero-order chi connectivity index (χ0) is 52.7. The lowest BCUT2D eigenvalue weighted by Crippen LogP contribution is -2.34. The van der Waals surface area contributed by atoms with Crippen LogP contribution in [-0.4, -0.2) is 114 Å². The van der Waals surface area contributed by atoms with Crippen molar-refractivity contribution < 1.29 is 60.8 Å². The van der Waals surface area contributed by atoms with Crippen molar-refractivity contribution in [2.75, 3.05) is 52.5 Å². The number of hydrogen-bond acceptors (Lipinski definition) is 11. The number of aliphatic carboxylic acids is 1. The van der Waals surface area contributed by atoms with Gasteiger partial charge in [0.05, 0.1) is 27.7 Å². The van der Waals surface area contributed by atoms with Crippen molar-refractivity contribution in [3.8, 4) is 11.5 Å². The topological polar surface area (TPSA) is 164 Å². The highest BCUT2D eigenvalue weighted by atomic mass is 35.5. The van der Waals surface area contributed by atoms with Crippen LogP contribution in [0.25, 0.3) is 21.8 Å². The number of rotatable bonds is 16. The minimum atomic E-state index is -5.08. The van der Waals surface area contributed by atoms with Gasteiger partial charge in [-0.1, -0.05) is 58.5 Å². The molecular formula is C52H51Cl4F5N4O8. The summed E-state index contributed by atoms with van der Waals surface area (Å²) in [5.41, 5.74) is 2.62. The molecule has 3 aliphatic rings. The third kappa shape index (κ3) is 18.9. The molecule has 3 aliphatic heterocycles. The maximum atomic E-state index is 13.5. The van der Waals surface area contributed by atoms with Gasteiger partial charge in [-0.2, -0.15) is 13.2 Å². The highest BCUT2D eigenvalue weighted by Crippen LogP contribution is 2.26. The van der Waals surface area contributed by atoms with E-state index in [9.17, 15) is 36.6 Å². The lowest BCUT2D eigenvalue weighted by molar-refractivity contribution is -0.192. The Morgan fingerprint density at radius 3 is 1.85 bits per heavy atom. The summed E-state index contributed by atoms with van der Waals surface area (Å²) < 4.78 is 73.6. The molecule has 9 rings (SSSR count). The normalized spacial score (nSPS) is 17.6. The number of carbonyl (C=O) groups excluding carboxylic acids is 2. The second kappa shape index (κ2) is 27.3. The Hall–Kier alpha value is -5.24. The first-order chi connectivity index (χ1) is 34.8. The number of epoxide rings is 1. The van der Waals surface area contributed by atoms with E-state index in [1.165, 1.54) is 30.7 Å². The molecule has 3 saturated heterocycles. The maximum Gasteiger partial charge on any atom is 0.490 e. The van der Waals surface area contributed by atoms with E-state index < -0.39 is 29.9 Å². The molecule has 0 aliphatic carbocycles. The number of carboxylic acids is 1. The van der Waals surface area contributed by atoms with Gasteiger partial charge in [0.15, 0.2) is 11.6 Å². The number of fused-ring (bicyclic) bond motifs is 2. The van der Waals surface area contributed by atoms with Gasteiger partial charge in [0, 0.05) is 58.9 Å². The van der Waals surface area contributed by atoms with E-state index in [0.29, 0.717) is 70.8 Å². The fourth-order valence-corrected chi connectivity index (χ4v) is 8.38. The van der Waals surface area contributed by atoms with Crippen molar-refractivity contribution in [1.82, 2.24) is 20.2 Å². The average molecular weight is 1100 g/mol. The van der Waals surface area contributed by atoms with Crippen molar-refractivity contribution in [1.29, 1.82) is 0 Å². The van der Waals surface area contributed by atoms with Crippen LogP contribution >= 0.6 is 46.4 Å². The fourth-order valence-electron chi connectivity index (χ4n) is 7.74. The number of Topliss-reactive ketones (excluding diaryl/α,β-unsaturated/α-hetero) is 2. The number of β-amino-alcohol motifs (C(OH)–C–C–N with tert-alkyl or cyclic N) is 1. The summed E-state index contributed by atoms with van der Waals surface area (Å²) in [4.78, 5) is 44.8. The van der Waals surface area contributed by atoms with E-state index >= 15 is 0 Å². The largest absolute Gasteiger partial charge is 0.491 e. The van der Waals surface area contributed by atoms with Crippen LogP contribution in [0.4, 0.5) is 22.0 Å². The second-order valence-corrected chi connectivity index (χ2v) is 19.1. The first kappa shape index (κ1) is 57.0. The molecule has 0 saturated carbocycles. The second-order valence-electron chi connectivity index (χ2n) is 17.4. The smallest absolute Gasteiger partial charge is 0.490 e. The van der Waals surface area contributed by atoms with Gasteiger partial charge in [-0.3, -0.25) is 9.59 Å². The van der Waals surface area contributed by atoms with Crippen molar-refractivity contribution >= 4 is 85.7 Å². The molecule has 73 heavy (non-hydrogen) atoms. The highest BCUT2D eigenvalue weighted by molar-refractivity contribution is 6.32. The van der Waals surface area contributed by atoms with E-state index in [1.54, 1.807) is 36.4 Å². The van der Waals surface area contributed by atoms with Crippen molar-refractivity contribution in [2.24, 2.45) is 11.8 Å². The predicted molar refractivity (Wildman–Crippen MR) is 269 cm³/mol. The molecule has 3 N–H and O–H groups in total. The van der Waals surface area contributed by atoms with Crippen LogP contribution in [-0.2, 0) is 9.53 Å². The summed E-state index contributed by atoms with van der Waals surface area (Å²) in [5, 5.41) is 24.1. The summed E-state index contributed by atoms with van der Waals surface area (Å²) in [6.07, 6.45) is -0.664. The lowest BCUT2D eigenvalue weighted by Gasteiger charge is -2.20. The average Bonchev–Trinajstić information content (AvgIpc) is 3.84. The number of halogens is 9. The van der Waals surface area contributed by atoms with Crippen LogP contribution < -0.4 is 14.8 Å². The third-order valence-corrected chi connectivity index (χ3v) is 12.8. The number of likely N-dealkylation sites (tertiary alicyclic amines) is 1. The number of nitrogens with one attached hydrogen (secondary N) is 1. The monoisotopic (exact) mass is 1090 g/mol. The van der Waals surface area contributed by atoms with Crippen LogP contribution in [0.5, 0.6) is 11.5 Å². The van der Waals surface area contributed by atoms with Gasteiger partial charge in [0.1, 0.15) is 59.9 Å². The van der Waals surface area contributed by atoms with Crippen molar-refractivity contribution in [3.05, 3.63) is 140 Å². The summed E-state index contributed by atoms with van der Waals surface area (Å²) in [7, 11) is 0. The number of hydrogen-bond donors (Lipinski definition) is 3. The first-order valence-corrected chi connectivity index (χ1v) is 24.7. The number of pyridine rings is 2. The van der Waals surface area contributed by atoms with Crippen LogP contribution in [0, 0.1) is 23.5 Å². The van der Waals surface area contributed by atoms with Crippen LogP contribution in [0.15, 0.2) is 97.1 Å². The van der Waals surface area contributed by atoms with Crippen LogP contribution in [0.2, 0.25) is 20.1 Å². The van der Waals surface area contributed by atoms with E-state index in [-0.39, 0.29) is 34.3 Å². The predicted octanol–water partition coefficient (Wildman–Crippen LogP) is 11.8. The van der Waals surface area contributed by atoms with E-state index in [2.05, 4.69) is 20.2 Å². The summed E-state index contributed by atoms with van der Waals surface area (Å²) in [6, 6.07) is 26.8. The number of aliphatic hydroxyl groups is 1. The molecule has 2 aromatic heterocycles. The number of aromatic nitrogens is 2. The molecule has 4 atom stereocenters. The zero-order valence-corrected chi connectivity index (χ0v) is 42.1. The number of carboxylic acid groups (broad SMARTS) is 1. The minimum Gasteiger partial charge on any atom is -0.491 e. The number of aliphatic hydroxyl groups excluding tert-OH is 1. The van der Waals surface area contributed by atoms with E-state index in [0.717, 1.165) is 73.9 Å². The number of alkyl halides is 3. The lowest BCUT2D eigenvalue weighted by atomic mass is 9.99. The molecule has 12 nitrogen and oxygen atoms in total. The molecule has 0 amide bonds. The molecule has 6 aromatic rings. The molecule has 0 radical (unpaired) electrons. The van der Waals surface area contributed by atoms with Crippen LogP contribution in [0.1, 0.15) is 59.5 Å². The Balaban J connectivity index is 0.000000183. The van der Waals surface area contributed by atoms with Crippen molar-refractivity contribution in [3.63, 3.8) is 0 Å². The zero-order valence-electron chi connectivity index (χ0n) is 39.0. The number of ketones is 2. The van der Waals surface area contributed by atoms with Crippen molar-refractivity contribution in [2.45, 2.75) is 56.9 Å². The van der Waals surface area contributed by atoms with Gasteiger partial charge < -0.3 is 34.6 Å². The molecule has 0 spiro atoms. The Morgan fingerprint density at radius 2 is 1.32 bits per heavy atom. The van der Waals surface area contributed by atoms with Gasteiger partial charge in [0.2, 0.25) is 0 Å². The van der Waals surface area contributed by atoms with Gasteiger partial charge in [-0.25, -0.2) is 23.5 Å². The first-order valence-electron chi connectivity index (χ1n) is 23.2. The van der Waals surface area contributed by atoms with Gasteiger partial charge in [-0.05, 0) is 130 Å².